The van der Waals surface area contributed by atoms with Gasteiger partial charge in [-0.3, -0.25) is 9.10 Å². The zero-order chi connectivity index (χ0) is 22.6. The lowest BCUT2D eigenvalue weighted by atomic mass is 10.1. The molecule has 1 amide bonds. The van der Waals surface area contributed by atoms with Crippen molar-refractivity contribution in [2.75, 3.05) is 31.8 Å². The van der Waals surface area contributed by atoms with E-state index in [1.165, 1.54) is 9.21 Å². The molecule has 0 aliphatic heterocycles. The van der Waals surface area contributed by atoms with Crippen LogP contribution in [0.1, 0.15) is 23.6 Å². The number of methoxy groups -OCH3 is 2. The Kier molecular flexibility index (Phi) is 7.36. The van der Waals surface area contributed by atoms with Gasteiger partial charge in [-0.1, -0.05) is 12.1 Å². The van der Waals surface area contributed by atoms with Crippen molar-refractivity contribution in [2.45, 2.75) is 33.4 Å². The lowest BCUT2D eigenvalue weighted by Crippen LogP contribution is -2.48. The Labute approximate surface area is 179 Å². The minimum absolute atomic E-state index is 0.300. The number of likely N-dealkylation sites (N-methyl/N-ethyl adjacent to an activating group) is 1. The SMILES string of the molecule is COc1ccc(CN(C)C(=O)[C@@H](C)N(c2ccc(C)c(C)c2)S(C)(=O)=O)cc1OC. The minimum atomic E-state index is -3.67. The van der Waals surface area contributed by atoms with E-state index in [4.69, 9.17) is 9.47 Å². The fourth-order valence-corrected chi connectivity index (χ4v) is 4.48. The molecule has 0 aromatic heterocycles. The average molecular weight is 435 g/mol. The van der Waals surface area contributed by atoms with Gasteiger partial charge in [0.25, 0.3) is 0 Å². The number of amides is 1. The fraction of sp³-hybridized carbons (Fsp3) is 0.409. The van der Waals surface area contributed by atoms with Crippen LogP contribution in [-0.2, 0) is 21.4 Å². The smallest absolute Gasteiger partial charge is 0.246 e. The molecule has 0 heterocycles. The van der Waals surface area contributed by atoms with Gasteiger partial charge in [0.1, 0.15) is 6.04 Å². The van der Waals surface area contributed by atoms with Gasteiger partial charge in [-0.2, -0.15) is 0 Å². The molecule has 0 aliphatic rings. The van der Waals surface area contributed by atoms with E-state index in [2.05, 4.69) is 0 Å². The third kappa shape index (κ3) is 5.24. The zero-order valence-electron chi connectivity index (χ0n) is 18.6. The maximum absolute atomic E-state index is 13.1. The monoisotopic (exact) mass is 434 g/mol. The molecule has 30 heavy (non-hydrogen) atoms. The molecule has 0 spiro atoms. The van der Waals surface area contributed by atoms with Gasteiger partial charge in [0.15, 0.2) is 11.5 Å². The third-order valence-corrected chi connectivity index (χ3v) is 6.30. The Morgan fingerprint density at radius 1 is 1.00 bits per heavy atom. The average Bonchev–Trinajstić information content (AvgIpc) is 2.68. The molecule has 0 aliphatic carbocycles. The lowest BCUT2D eigenvalue weighted by molar-refractivity contribution is -0.131. The van der Waals surface area contributed by atoms with E-state index in [1.54, 1.807) is 52.5 Å². The molecule has 0 radical (unpaired) electrons. The molecule has 2 aromatic carbocycles. The van der Waals surface area contributed by atoms with Gasteiger partial charge < -0.3 is 14.4 Å². The third-order valence-electron chi connectivity index (χ3n) is 5.06. The van der Waals surface area contributed by atoms with Gasteiger partial charge in [0, 0.05) is 13.6 Å². The van der Waals surface area contributed by atoms with Gasteiger partial charge in [0.2, 0.25) is 15.9 Å². The van der Waals surface area contributed by atoms with E-state index in [9.17, 15) is 13.2 Å². The first kappa shape index (κ1) is 23.5. The molecular weight excluding hydrogens is 404 g/mol. The van der Waals surface area contributed by atoms with E-state index < -0.39 is 16.1 Å². The number of hydrogen-bond donors (Lipinski definition) is 0. The van der Waals surface area contributed by atoms with Crippen molar-refractivity contribution in [1.82, 2.24) is 4.90 Å². The van der Waals surface area contributed by atoms with Crippen molar-refractivity contribution in [2.24, 2.45) is 0 Å². The van der Waals surface area contributed by atoms with Crippen molar-refractivity contribution >= 4 is 21.6 Å². The second-order valence-electron chi connectivity index (χ2n) is 7.39. The van der Waals surface area contributed by atoms with Gasteiger partial charge in [0.05, 0.1) is 26.2 Å². The second kappa shape index (κ2) is 9.38. The Balaban J connectivity index is 2.29. The summed E-state index contributed by atoms with van der Waals surface area (Å²) >= 11 is 0. The normalized spacial score (nSPS) is 12.2. The van der Waals surface area contributed by atoms with Crippen LogP contribution in [-0.4, -0.2) is 52.8 Å². The summed E-state index contributed by atoms with van der Waals surface area (Å²) in [6, 6.07) is 9.88. The van der Waals surface area contributed by atoms with E-state index in [-0.39, 0.29) is 5.91 Å². The van der Waals surface area contributed by atoms with E-state index in [1.807, 2.05) is 26.0 Å². The van der Waals surface area contributed by atoms with E-state index in [0.717, 1.165) is 22.9 Å². The summed E-state index contributed by atoms with van der Waals surface area (Å²) in [5.74, 6) is 0.854. The Hall–Kier alpha value is -2.74. The van der Waals surface area contributed by atoms with Crippen molar-refractivity contribution in [3.63, 3.8) is 0 Å². The topological polar surface area (TPSA) is 76.2 Å². The summed E-state index contributed by atoms with van der Waals surface area (Å²) in [5, 5.41) is 0. The first-order valence-electron chi connectivity index (χ1n) is 9.52. The number of anilines is 1. The van der Waals surface area contributed by atoms with Crippen molar-refractivity contribution in [3.8, 4) is 11.5 Å². The highest BCUT2D eigenvalue weighted by Gasteiger charge is 2.31. The van der Waals surface area contributed by atoms with Crippen LogP contribution in [0.4, 0.5) is 5.69 Å². The van der Waals surface area contributed by atoms with Crippen LogP contribution in [0.2, 0.25) is 0 Å². The number of hydrogen-bond acceptors (Lipinski definition) is 5. The predicted octanol–water partition coefficient (Wildman–Crippen LogP) is 3.13. The van der Waals surface area contributed by atoms with Crippen LogP contribution in [0.5, 0.6) is 11.5 Å². The quantitative estimate of drug-likeness (QED) is 0.638. The summed E-state index contributed by atoms with van der Waals surface area (Å²) in [7, 11) is 1.09. The Bertz CT molecular complexity index is 1020. The van der Waals surface area contributed by atoms with Crippen LogP contribution >= 0.6 is 0 Å². The molecule has 8 heteroatoms. The van der Waals surface area contributed by atoms with Crippen molar-refractivity contribution in [1.29, 1.82) is 0 Å². The first-order valence-corrected chi connectivity index (χ1v) is 11.4. The van der Waals surface area contributed by atoms with E-state index in [0.29, 0.717) is 23.7 Å². The molecule has 2 aromatic rings. The molecule has 0 bridgehead atoms. The lowest BCUT2D eigenvalue weighted by Gasteiger charge is -2.31. The van der Waals surface area contributed by atoms with Gasteiger partial charge in [-0.15, -0.1) is 0 Å². The fourth-order valence-electron chi connectivity index (χ4n) is 3.31. The van der Waals surface area contributed by atoms with Gasteiger partial charge in [-0.25, -0.2) is 8.42 Å². The van der Waals surface area contributed by atoms with Crippen molar-refractivity contribution < 1.29 is 22.7 Å². The molecule has 0 unspecified atom stereocenters. The van der Waals surface area contributed by atoms with Crippen LogP contribution in [0.15, 0.2) is 36.4 Å². The van der Waals surface area contributed by atoms with Crippen LogP contribution in [0, 0.1) is 13.8 Å². The predicted molar refractivity (Wildman–Crippen MR) is 119 cm³/mol. The maximum atomic E-state index is 13.1. The molecule has 164 valence electrons. The van der Waals surface area contributed by atoms with Gasteiger partial charge in [-0.05, 0) is 61.7 Å². The minimum Gasteiger partial charge on any atom is -0.493 e. The molecular formula is C22H30N2O5S. The number of ether oxygens (including phenoxy) is 2. The maximum Gasteiger partial charge on any atom is 0.246 e. The molecule has 0 fully saturated rings. The Morgan fingerprint density at radius 2 is 1.63 bits per heavy atom. The zero-order valence-corrected chi connectivity index (χ0v) is 19.4. The number of rotatable bonds is 8. The van der Waals surface area contributed by atoms with Crippen molar-refractivity contribution in [3.05, 3.63) is 53.1 Å². The van der Waals surface area contributed by atoms with E-state index >= 15 is 0 Å². The molecule has 7 nitrogen and oxygen atoms in total. The number of nitrogens with zero attached hydrogens (tertiary/aromatic N) is 2. The molecule has 0 N–H and O–H groups in total. The molecule has 2 rings (SSSR count). The molecule has 0 saturated heterocycles. The summed E-state index contributed by atoms with van der Waals surface area (Å²) in [6.07, 6.45) is 1.11. The highest BCUT2D eigenvalue weighted by atomic mass is 32.2. The van der Waals surface area contributed by atoms with Crippen LogP contribution < -0.4 is 13.8 Å². The summed E-state index contributed by atoms with van der Waals surface area (Å²) in [5.41, 5.74) is 3.32. The Morgan fingerprint density at radius 3 is 2.17 bits per heavy atom. The van der Waals surface area contributed by atoms with Gasteiger partial charge >= 0.3 is 0 Å². The van der Waals surface area contributed by atoms with Crippen LogP contribution in [0.3, 0.4) is 0 Å². The number of carbonyl (C=O) groups is 1. The second-order valence-corrected chi connectivity index (χ2v) is 9.25. The number of benzene rings is 2. The highest BCUT2D eigenvalue weighted by Crippen LogP contribution is 2.28. The number of sulfonamides is 1. The first-order chi connectivity index (χ1) is 14.0. The highest BCUT2D eigenvalue weighted by molar-refractivity contribution is 7.92. The summed E-state index contributed by atoms with van der Waals surface area (Å²) < 4.78 is 36.8. The molecule has 0 saturated carbocycles. The molecule has 1 atom stereocenters. The van der Waals surface area contributed by atoms with Crippen LogP contribution in [0.25, 0.3) is 0 Å². The standard InChI is InChI=1S/C22H30N2O5S/c1-15-8-10-19(12-16(15)2)24(30(7,26)27)17(3)22(25)23(4)14-18-9-11-20(28-5)21(13-18)29-6/h8-13,17H,14H2,1-7H3/t17-/m1/s1. The number of carbonyl (C=O) groups excluding carboxylic acids is 1. The number of aryl methyl sites for hydroxylation is 2. The summed E-state index contributed by atoms with van der Waals surface area (Å²) in [6.45, 7) is 5.77. The largest absolute Gasteiger partial charge is 0.493 e. The summed E-state index contributed by atoms with van der Waals surface area (Å²) in [4.78, 5) is 14.6.